The van der Waals surface area contributed by atoms with E-state index in [-0.39, 0.29) is 5.25 Å². The van der Waals surface area contributed by atoms with Crippen molar-refractivity contribution in [1.29, 1.82) is 0 Å². The van der Waals surface area contributed by atoms with Crippen LogP contribution in [-0.4, -0.2) is 26.0 Å². The van der Waals surface area contributed by atoms with E-state index in [4.69, 9.17) is 0 Å². The lowest BCUT2D eigenvalue weighted by atomic mass is 9.94. The molecule has 1 N–H and O–H groups in total. The Bertz CT molecular complexity index is 549. The average molecular weight is 309 g/mol. The predicted molar refractivity (Wildman–Crippen MR) is 88.3 cm³/mol. The molecular weight excluding hydrogens is 282 g/mol. The Morgan fingerprint density at radius 3 is 2.43 bits per heavy atom. The molecule has 0 spiro atoms. The molecule has 0 aromatic heterocycles. The van der Waals surface area contributed by atoms with Crippen LogP contribution in [0.4, 0.5) is 0 Å². The molecule has 1 aliphatic rings. The van der Waals surface area contributed by atoms with Gasteiger partial charge in [-0.05, 0) is 36.3 Å². The van der Waals surface area contributed by atoms with Crippen molar-refractivity contribution in [3.05, 3.63) is 35.4 Å². The van der Waals surface area contributed by atoms with Crippen molar-refractivity contribution in [3.63, 3.8) is 0 Å². The molecule has 1 fully saturated rings. The van der Waals surface area contributed by atoms with E-state index in [0.29, 0.717) is 12.0 Å². The van der Waals surface area contributed by atoms with Crippen LogP contribution in [0, 0.1) is 0 Å². The third-order valence-corrected chi connectivity index (χ3v) is 6.11. The fourth-order valence-electron chi connectivity index (χ4n) is 3.00. The second kappa shape index (κ2) is 6.93. The first-order chi connectivity index (χ1) is 9.86. The summed E-state index contributed by atoms with van der Waals surface area (Å²) in [4.78, 5) is 0. The predicted octanol–water partition coefficient (Wildman–Crippen LogP) is 3.26. The highest BCUT2D eigenvalue weighted by atomic mass is 32.2. The minimum absolute atomic E-state index is 0.160. The van der Waals surface area contributed by atoms with Crippen molar-refractivity contribution in [2.75, 3.05) is 6.26 Å². The van der Waals surface area contributed by atoms with Crippen molar-refractivity contribution in [3.8, 4) is 0 Å². The van der Waals surface area contributed by atoms with Crippen LogP contribution >= 0.6 is 0 Å². The summed E-state index contributed by atoms with van der Waals surface area (Å²) >= 11 is 0. The summed E-state index contributed by atoms with van der Waals surface area (Å²) in [6.45, 7) is 5.21. The van der Waals surface area contributed by atoms with Crippen LogP contribution in [0.1, 0.15) is 56.6 Å². The van der Waals surface area contributed by atoms with E-state index in [9.17, 15) is 8.42 Å². The summed E-state index contributed by atoms with van der Waals surface area (Å²) < 4.78 is 23.4. The Balaban J connectivity index is 1.88. The number of rotatable bonds is 5. The lowest BCUT2D eigenvalue weighted by Gasteiger charge is -2.28. The van der Waals surface area contributed by atoms with Gasteiger partial charge in [-0.15, -0.1) is 0 Å². The van der Waals surface area contributed by atoms with Gasteiger partial charge in [0.2, 0.25) is 0 Å². The number of sulfone groups is 1. The highest BCUT2D eigenvalue weighted by Gasteiger charge is 2.28. The summed E-state index contributed by atoms with van der Waals surface area (Å²) in [5.74, 6) is 0.556. The number of nitrogens with one attached hydrogen (secondary N) is 1. The molecule has 4 heteroatoms. The van der Waals surface area contributed by atoms with Crippen LogP contribution < -0.4 is 5.32 Å². The number of benzene rings is 1. The monoisotopic (exact) mass is 309 g/mol. The summed E-state index contributed by atoms with van der Waals surface area (Å²) in [5.41, 5.74) is 2.62. The maximum atomic E-state index is 11.7. The Hall–Kier alpha value is -0.870. The van der Waals surface area contributed by atoms with Crippen molar-refractivity contribution < 1.29 is 8.42 Å². The summed E-state index contributed by atoms with van der Waals surface area (Å²) in [5, 5.41) is 3.36. The first-order valence-corrected chi connectivity index (χ1v) is 9.83. The Morgan fingerprint density at radius 2 is 1.86 bits per heavy atom. The van der Waals surface area contributed by atoms with Crippen molar-refractivity contribution >= 4 is 9.84 Å². The van der Waals surface area contributed by atoms with Gasteiger partial charge in [0, 0.05) is 18.8 Å². The molecule has 1 saturated carbocycles. The molecule has 21 heavy (non-hydrogen) atoms. The van der Waals surface area contributed by atoms with Crippen molar-refractivity contribution in [1.82, 2.24) is 5.32 Å². The van der Waals surface area contributed by atoms with Gasteiger partial charge >= 0.3 is 0 Å². The van der Waals surface area contributed by atoms with Crippen LogP contribution in [0.3, 0.4) is 0 Å². The molecule has 0 amide bonds. The van der Waals surface area contributed by atoms with Crippen LogP contribution in [0.2, 0.25) is 0 Å². The minimum Gasteiger partial charge on any atom is -0.310 e. The third-order valence-electron chi connectivity index (χ3n) is 4.47. The van der Waals surface area contributed by atoms with Gasteiger partial charge in [-0.1, -0.05) is 44.5 Å². The highest BCUT2D eigenvalue weighted by molar-refractivity contribution is 7.91. The Morgan fingerprint density at radius 1 is 1.19 bits per heavy atom. The Kier molecular flexibility index (Phi) is 5.44. The van der Waals surface area contributed by atoms with E-state index >= 15 is 0 Å². The molecule has 1 aliphatic carbocycles. The molecule has 1 aromatic carbocycles. The lowest BCUT2D eigenvalue weighted by molar-refractivity contribution is 0.371. The zero-order valence-corrected chi connectivity index (χ0v) is 14.1. The van der Waals surface area contributed by atoms with Crippen LogP contribution in [0.5, 0.6) is 0 Å². The molecule has 2 rings (SSSR count). The Labute approximate surface area is 129 Å². The topological polar surface area (TPSA) is 46.2 Å². The number of hydrogen-bond acceptors (Lipinski definition) is 3. The molecule has 0 saturated heterocycles. The first kappa shape index (κ1) is 16.5. The highest BCUT2D eigenvalue weighted by Crippen LogP contribution is 2.24. The van der Waals surface area contributed by atoms with E-state index in [0.717, 1.165) is 32.2 Å². The van der Waals surface area contributed by atoms with Gasteiger partial charge in [-0.3, -0.25) is 0 Å². The molecule has 0 radical (unpaired) electrons. The maximum Gasteiger partial charge on any atom is 0.150 e. The quantitative estimate of drug-likeness (QED) is 0.908. The largest absolute Gasteiger partial charge is 0.310 e. The van der Waals surface area contributed by atoms with E-state index in [1.54, 1.807) is 0 Å². The molecule has 0 bridgehead atoms. The average Bonchev–Trinajstić information content (AvgIpc) is 2.45. The standard InChI is InChI=1S/C17H27NO2S/c1-13(2)15-9-7-14(8-10-15)12-18-16-5-4-6-17(11-16)21(3,19)20/h7-10,13,16-18H,4-6,11-12H2,1-3H3. The summed E-state index contributed by atoms with van der Waals surface area (Å²) in [7, 11) is -2.90. The first-order valence-electron chi connectivity index (χ1n) is 7.87. The van der Waals surface area contributed by atoms with Crippen LogP contribution in [0.25, 0.3) is 0 Å². The molecule has 3 nitrogen and oxygen atoms in total. The van der Waals surface area contributed by atoms with Crippen molar-refractivity contribution in [2.45, 2.75) is 63.3 Å². The molecule has 0 aliphatic heterocycles. The van der Waals surface area contributed by atoms with Gasteiger partial charge in [-0.25, -0.2) is 8.42 Å². The summed E-state index contributed by atoms with van der Waals surface area (Å²) in [6, 6.07) is 9.02. The molecule has 1 aromatic rings. The van der Waals surface area contributed by atoms with Gasteiger partial charge in [0.15, 0.2) is 0 Å². The second-order valence-electron chi connectivity index (χ2n) is 6.59. The van der Waals surface area contributed by atoms with Crippen LogP contribution in [-0.2, 0) is 16.4 Å². The number of hydrogen-bond donors (Lipinski definition) is 1. The SMILES string of the molecule is CC(C)c1ccc(CNC2CCCC(S(C)(=O)=O)C2)cc1. The van der Waals surface area contributed by atoms with Crippen molar-refractivity contribution in [2.24, 2.45) is 0 Å². The second-order valence-corrected chi connectivity index (χ2v) is 8.92. The fourth-order valence-corrected chi connectivity index (χ4v) is 4.18. The van der Waals surface area contributed by atoms with Gasteiger partial charge in [0.25, 0.3) is 0 Å². The van der Waals surface area contributed by atoms with E-state index in [1.807, 2.05) is 0 Å². The third kappa shape index (κ3) is 4.82. The smallest absolute Gasteiger partial charge is 0.150 e. The normalized spacial score (nSPS) is 23.4. The molecule has 118 valence electrons. The van der Waals surface area contributed by atoms with Gasteiger partial charge in [-0.2, -0.15) is 0 Å². The zero-order valence-electron chi connectivity index (χ0n) is 13.3. The lowest BCUT2D eigenvalue weighted by Crippen LogP contribution is -2.38. The minimum atomic E-state index is -2.90. The molecule has 2 unspecified atom stereocenters. The van der Waals surface area contributed by atoms with E-state index in [2.05, 4.69) is 43.4 Å². The van der Waals surface area contributed by atoms with Gasteiger partial charge < -0.3 is 5.32 Å². The zero-order chi connectivity index (χ0) is 15.5. The van der Waals surface area contributed by atoms with Gasteiger partial charge in [0.1, 0.15) is 9.84 Å². The molecule has 0 heterocycles. The van der Waals surface area contributed by atoms with E-state index < -0.39 is 9.84 Å². The summed E-state index contributed by atoms with van der Waals surface area (Å²) in [6.07, 6.45) is 5.02. The maximum absolute atomic E-state index is 11.7. The van der Waals surface area contributed by atoms with Crippen LogP contribution in [0.15, 0.2) is 24.3 Å². The molecule has 2 atom stereocenters. The fraction of sp³-hybridized carbons (Fsp3) is 0.647. The van der Waals surface area contributed by atoms with E-state index in [1.165, 1.54) is 17.4 Å². The van der Waals surface area contributed by atoms with Gasteiger partial charge in [0.05, 0.1) is 5.25 Å². The molecular formula is C17H27NO2S.